The Balaban J connectivity index is 2.28. The number of alkyl halides is 2. The van der Waals surface area contributed by atoms with Gasteiger partial charge in [0.25, 0.3) is 0 Å². The van der Waals surface area contributed by atoms with Crippen LogP contribution in [0, 0.1) is 6.92 Å². The number of aryl methyl sites for hydroxylation is 1. The highest BCUT2D eigenvalue weighted by Gasteiger charge is 2.16. The summed E-state index contributed by atoms with van der Waals surface area (Å²) in [5, 5.41) is 0. The number of ether oxygens (including phenoxy) is 1. The first-order valence-electron chi connectivity index (χ1n) is 5.53. The van der Waals surface area contributed by atoms with Gasteiger partial charge in [0.15, 0.2) is 0 Å². The summed E-state index contributed by atoms with van der Waals surface area (Å²) in [5.41, 5.74) is 6.90. The molecular formula is C13H12BrF2NOS. The predicted octanol–water partition coefficient (Wildman–Crippen LogP) is 4.47. The van der Waals surface area contributed by atoms with Gasteiger partial charge in [-0.25, -0.2) is 0 Å². The molecule has 2 rings (SSSR count). The van der Waals surface area contributed by atoms with Crippen LogP contribution in [0.5, 0.6) is 5.75 Å². The van der Waals surface area contributed by atoms with E-state index in [2.05, 4.69) is 20.7 Å². The molecule has 0 amide bonds. The van der Waals surface area contributed by atoms with Crippen molar-refractivity contribution in [1.82, 2.24) is 0 Å². The smallest absolute Gasteiger partial charge is 0.387 e. The zero-order valence-electron chi connectivity index (χ0n) is 10.1. The summed E-state index contributed by atoms with van der Waals surface area (Å²) in [6.07, 6.45) is 0. The van der Waals surface area contributed by atoms with E-state index in [0.29, 0.717) is 0 Å². The van der Waals surface area contributed by atoms with Gasteiger partial charge in [0.05, 0.1) is 6.04 Å². The molecule has 2 nitrogen and oxygen atoms in total. The van der Waals surface area contributed by atoms with Gasteiger partial charge in [-0.1, -0.05) is 12.1 Å². The Labute approximate surface area is 122 Å². The van der Waals surface area contributed by atoms with Gasteiger partial charge >= 0.3 is 6.61 Å². The summed E-state index contributed by atoms with van der Waals surface area (Å²) >= 11 is 5.03. The molecule has 0 fully saturated rings. The van der Waals surface area contributed by atoms with Crippen molar-refractivity contribution in [2.45, 2.75) is 19.6 Å². The van der Waals surface area contributed by atoms with E-state index in [1.54, 1.807) is 29.5 Å². The SMILES string of the molecule is Cc1cc(Br)c(C(N)c2cccc(OC(F)F)c2)s1. The number of thiophene rings is 1. The Kier molecular flexibility index (Phi) is 4.54. The van der Waals surface area contributed by atoms with E-state index in [4.69, 9.17) is 5.73 Å². The van der Waals surface area contributed by atoms with Crippen LogP contribution in [-0.2, 0) is 0 Å². The molecular weight excluding hydrogens is 336 g/mol. The fourth-order valence-corrected chi connectivity index (χ4v) is 3.68. The van der Waals surface area contributed by atoms with E-state index < -0.39 is 6.61 Å². The van der Waals surface area contributed by atoms with Gasteiger partial charge in [0.2, 0.25) is 0 Å². The number of hydrogen-bond donors (Lipinski definition) is 1. The quantitative estimate of drug-likeness (QED) is 0.885. The van der Waals surface area contributed by atoms with Crippen LogP contribution in [0.3, 0.4) is 0 Å². The molecule has 1 aromatic heterocycles. The van der Waals surface area contributed by atoms with Crippen molar-refractivity contribution >= 4 is 27.3 Å². The number of hydrogen-bond acceptors (Lipinski definition) is 3. The first-order valence-corrected chi connectivity index (χ1v) is 7.14. The summed E-state index contributed by atoms with van der Waals surface area (Å²) in [6.45, 7) is -0.843. The molecule has 0 aliphatic rings. The third kappa shape index (κ3) is 3.52. The van der Waals surface area contributed by atoms with Gasteiger partial charge in [-0.2, -0.15) is 8.78 Å². The molecule has 0 radical (unpaired) electrons. The van der Waals surface area contributed by atoms with Crippen molar-refractivity contribution in [3.63, 3.8) is 0 Å². The first kappa shape index (κ1) is 14.4. The van der Waals surface area contributed by atoms with Gasteiger partial charge in [-0.15, -0.1) is 11.3 Å². The predicted molar refractivity (Wildman–Crippen MR) is 75.9 cm³/mol. The van der Waals surface area contributed by atoms with Crippen molar-refractivity contribution in [3.05, 3.63) is 50.1 Å². The molecule has 6 heteroatoms. The Morgan fingerprint density at radius 3 is 2.63 bits per heavy atom. The zero-order chi connectivity index (χ0) is 14.0. The van der Waals surface area contributed by atoms with Crippen LogP contribution in [0.15, 0.2) is 34.8 Å². The summed E-state index contributed by atoms with van der Waals surface area (Å²) in [5.74, 6) is 0.118. The lowest BCUT2D eigenvalue weighted by Gasteiger charge is -2.13. The van der Waals surface area contributed by atoms with Gasteiger partial charge < -0.3 is 10.5 Å². The summed E-state index contributed by atoms with van der Waals surface area (Å²) in [7, 11) is 0. The molecule has 102 valence electrons. The Bertz CT molecular complexity index is 574. The summed E-state index contributed by atoms with van der Waals surface area (Å²) in [6, 6.07) is 8.09. The second-order valence-electron chi connectivity index (χ2n) is 4.00. The van der Waals surface area contributed by atoms with E-state index in [1.807, 2.05) is 13.0 Å². The molecule has 19 heavy (non-hydrogen) atoms. The number of benzene rings is 1. The standard InChI is InChI=1S/C13H12BrF2NOS/c1-7-5-10(14)12(19-7)11(17)8-3-2-4-9(6-8)18-13(15)16/h2-6,11,13H,17H2,1H3. The Morgan fingerprint density at radius 1 is 1.32 bits per heavy atom. The first-order chi connectivity index (χ1) is 8.97. The van der Waals surface area contributed by atoms with Crippen LogP contribution in [0.1, 0.15) is 21.4 Å². The van der Waals surface area contributed by atoms with Crippen LogP contribution < -0.4 is 10.5 Å². The van der Waals surface area contributed by atoms with Crippen molar-refractivity contribution in [3.8, 4) is 5.75 Å². The number of halogens is 3. The van der Waals surface area contributed by atoms with Crippen LogP contribution in [0.2, 0.25) is 0 Å². The molecule has 1 unspecified atom stereocenters. The van der Waals surface area contributed by atoms with E-state index in [0.717, 1.165) is 19.8 Å². The zero-order valence-corrected chi connectivity index (χ0v) is 12.5. The molecule has 2 aromatic rings. The van der Waals surface area contributed by atoms with E-state index >= 15 is 0 Å². The molecule has 2 N–H and O–H groups in total. The van der Waals surface area contributed by atoms with Gasteiger partial charge in [-0.3, -0.25) is 0 Å². The maximum atomic E-state index is 12.2. The van der Waals surface area contributed by atoms with Crippen LogP contribution in [0.25, 0.3) is 0 Å². The maximum Gasteiger partial charge on any atom is 0.387 e. The fraction of sp³-hybridized carbons (Fsp3) is 0.231. The largest absolute Gasteiger partial charge is 0.435 e. The average Bonchev–Trinajstić information content (AvgIpc) is 2.67. The second kappa shape index (κ2) is 5.98. The lowest BCUT2D eigenvalue weighted by atomic mass is 10.1. The normalized spacial score (nSPS) is 12.7. The molecule has 0 saturated heterocycles. The van der Waals surface area contributed by atoms with Crippen LogP contribution in [0.4, 0.5) is 8.78 Å². The number of rotatable bonds is 4. The molecule has 0 aliphatic heterocycles. The van der Waals surface area contributed by atoms with Crippen molar-refractivity contribution in [1.29, 1.82) is 0 Å². The van der Waals surface area contributed by atoms with E-state index in [1.165, 1.54) is 6.07 Å². The topological polar surface area (TPSA) is 35.2 Å². The lowest BCUT2D eigenvalue weighted by Crippen LogP contribution is -2.11. The second-order valence-corrected chi connectivity index (χ2v) is 6.14. The minimum Gasteiger partial charge on any atom is -0.435 e. The third-order valence-electron chi connectivity index (χ3n) is 2.56. The van der Waals surface area contributed by atoms with Crippen LogP contribution >= 0.6 is 27.3 Å². The highest BCUT2D eigenvalue weighted by Crippen LogP contribution is 2.35. The molecule has 1 aromatic carbocycles. The third-order valence-corrected chi connectivity index (χ3v) is 4.61. The number of nitrogens with two attached hydrogens (primary N) is 1. The van der Waals surface area contributed by atoms with Gasteiger partial charge in [0.1, 0.15) is 5.75 Å². The monoisotopic (exact) mass is 347 g/mol. The van der Waals surface area contributed by atoms with Crippen molar-refractivity contribution < 1.29 is 13.5 Å². The summed E-state index contributed by atoms with van der Waals surface area (Å²) < 4.78 is 29.7. The molecule has 0 spiro atoms. The molecule has 1 heterocycles. The van der Waals surface area contributed by atoms with Crippen LogP contribution in [-0.4, -0.2) is 6.61 Å². The Hall–Kier alpha value is -0.980. The van der Waals surface area contributed by atoms with E-state index in [-0.39, 0.29) is 11.8 Å². The average molecular weight is 348 g/mol. The minimum atomic E-state index is -2.83. The fourth-order valence-electron chi connectivity index (χ4n) is 1.75. The van der Waals surface area contributed by atoms with E-state index in [9.17, 15) is 8.78 Å². The Morgan fingerprint density at radius 2 is 2.05 bits per heavy atom. The molecule has 1 atom stereocenters. The summed E-state index contributed by atoms with van der Waals surface area (Å²) in [4.78, 5) is 2.10. The molecule has 0 bridgehead atoms. The lowest BCUT2D eigenvalue weighted by molar-refractivity contribution is -0.0498. The highest BCUT2D eigenvalue weighted by atomic mass is 79.9. The highest BCUT2D eigenvalue weighted by molar-refractivity contribution is 9.10. The van der Waals surface area contributed by atoms with Crippen molar-refractivity contribution in [2.75, 3.05) is 0 Å². The minimum absolute atomic E-state index is 0.118. The molecule has 0 aliphatic carbocycles. The van der Waals surface area contributed by atoms with Gasteiger partial charge in [0, 0.05) is 14.2 Å². The van der Waals surface area contributed by atoms with Gasteiger partial charge in [-0.05, 0) is 46.6 Å². The van der Waals surface area contributed by atoms with Crippen molar-refractivity contribution in [2.24, 2.45) is 5.73 Å². The molecule has 0 saturated carbocycles. The maximum absolute atomic E-state index is 12.2.